The van der Waals surface area contributed by atoms with Gasteiger partial charge in [0.05, 0.1) is 6.42 Å². The van der Waals surface area contributed by atoms with Crippen LogP contribution in [0.5, 0.6) is 0 Å². The zero-order chi connectivity index (χ0) is 14.1. The molecule has 0 aromatic rings. The molecule has 1 saturated carbocycles. The lowest BCUT2D eigenvalue weighted by Gasteiger charge is -2.07. The van der Waals surface area contributed by atoms with Gasteiger partial charge >= 0.3 is 12.0 Å². The molecule has 0 spiro atoms. The molecule has 2 amide bonds. The number of carbonyl (C=O) groups excluding carboxylic acids is 1. The number of nitrogens with two attached hydrogens (primary N) is 1. The van der Waals surface area contributed by atoms with Crippen LogP contribution in [0.4, 0.5) is 4.79 Å². The van der Waals surface area contributed by atoms with E-state index in [1.54, 1.807) is 0 Å². The lowest BCUT2D eigenvalue weighted by molar-refractivity contribution is -0.136. The summed E-state index contributed by atoms with van der Waals surface area (Å²) in [4.78, 5) is 20.5. The fraction of sp³-hybridized carbons (Fsp3) is 0.571. The Morgan fingerprint density at radius 3 is 2.47 bits per heavy atom. The quantitative estimate of drug-likeness (QED) is 0.732. The van der Waals surface area contributed by atoms with E-state index in [0.717, 1.165) is 31.3 Å². The molecular weight excluding hydrogens is 244 g/mol. The molecule has 0 aliphatic heterocycles. The van der Waals surface area contributed by atoms with Crippen molar-refractivity contribution in [3.8, 4) is 0 Å². The standard InChI is InChI=1S/C8H10O2.C6H12N2O/c9-8(10)6-7-4-2-1-3-5-7;7-6(9)8-5-3-1-2-4-5/h2,4-5H,1,3,6H2,(H,9,10);5H,1-4H2,(H3,7,8,9). The highest BCUT2D eigenvalue weighted by Crippen LogP contribution is 2.17. The number of carboxylic acid groups (broad SMARTS) is 1. The minimum absolute atomic E-state index is 0.163. The molecule has 5 heteroatoms. The fourth-order valence-electron chi connectivity index (χ4n) is 2.24. The van der Waals surface area contributed by atoms with E-state index in [4.69, 9.17) is 10.8 Å². The third-order valence-corrected chi connectivity index (χ3v) is 3.13. The van der Waals surface area contributed by atoms with Gasteiger partial charge in [-0.3, -0.25) is 4.79 Å². The highest BCUT2D eigenvalue weighted by molar-refractivity contribution is 5.72. The van der Waals surface area contributed by atoms with Crippen molar-refractivity contribution < 1.29 is 14.7 Å². The van der Waals surface area contributed by atoms with Gasteiger partial charge in [0.1, 0.15) is 0 Å². The minimum Gasteiger partial charge on any atom is -0.481 e. The van der Waals surface area contributed by atoms with Gasteiger partial charge in [-0.15, -0.1) is 0 Å². The molecule has 5 nitrogen and oxygen atoms in total. The Labute approximate surface area is 113 Å². The average Bonchev–Trinajstić information content (AvgIpc) is 2.82. The van der Waals surface area contributed by atoms with E-state index < -0.39 is 5.97 Å². The maximum Gasteiger partial charge on any atom is 0.312 e. The molecular formula is C14H22N2O3. The van der Waals surface area contributed by atoms with Crippen molar-refractivity contribution in [1.82, 2.24) is 5.32 Å². The third kappa shape index (κ3) is 7.28. The molecule has 0 heterocycles. The molecule has 1 fully saturated rings. The Bertz CT molecular complexity index is 369. The second-order valence-electron chi connectivity index (χ2n) is 4.82. The van der Waals surface area contributed by atoms with Crippen molar-refractivity contribution in [3.63, 3.8) is 0 Å². The minimum atomic E-state index is -0.752. The van der Waals surface area contributed by atoms with E-state index in [1.165, 1.54) is 12.8 Å². The summed E-state index contributed by atoms with van der Waals surface area (Å²) in [6, 6.07) is -0.0237. The number of rotatable bonds is 3. The van der Waals surface area contributed by atoms with E-state index in [2.05, 4.69) is 5.32 Å². The largest absolute Gasteiger partial charge is 0.481 e. The van der Waals surface area contributed by atoms with Gasteiger partial charge in [0, 0.05) is 6.04 Å². The Balaban J connectivity index is 0.000000191. The number of amides is 2. The summed E-state index contributed by atoms with van der Waals surface area (Å²) in [7, 11) is 0. The summed E-state index contributed by atoms with van der Waals surface area (Å²) in [5.41, 5.74) is 5.85. The van der Waals surface area contributed by atoms with E-state index >= 15 is 0 Å². The van der Waals surface area contributed by atoms with Gasteiger partial charge in [-0.05, 0) is 31.3 Å². The fourth-order valence-corrected chi connectivity index (χ4v) is 2.24. The lowest BCUT2D eigenvalue weighted by atomic mass is 10.0. The molecule has 2 rings (SSSR count). The van der Waals surface area contributed by atoms with Gasteiger partial charge in [0.25, 0.3) is 0 Å². The number of carbonyl (C=O) groups is 2. The first-order valence-corrected chi connectivity index (χ1v) is 6.71. The monoisotopic (exact) mass is 266 g/mol. The highest BCUT2D eigenvalue weighted by Gasteiger charge is 2.14. The first-order chi connectivity index (χ1) is 9.08. The SMILES string of the molecule is NC(=O)NC1CCCC1.O=C(O)CC1=CCCC=C1. The molecule has 0 bridgehead atoms. The number of hydrogen-bond acceptors (Lipinski definition) is 2. The van der Waals surface area contributed by atoms with Crippen molar-refractivity contribution in [2.24, 2.45) is 5.73 Å². The molecule has 2 aliphatic carbocycles. The van der Waals surface area contributed by atoms with Crippen LogP contribution in [-0.4, -0.2) is 23.1 Å². The highest BCUT2D eigenvalue weighted by atomic mass is 16.4. The topological polar surface area (TPSA) is 92.4 Å². The van der Waals surface area contributed by atoms with Gasteiger partial charge in [-0.1, -0.05) is 31.1 Å². The van der Waals surface area contributed by atoms with Crippen LogP contribution < -0.4 is 11.1 Å². The van der Waals surface area contributed by atoms with Crippen LogP contribution in [-0.2, 0) is 4.79 Å². The summed E-state index contributed by atoms with van der Waals surface area (Å²) >= 11 is 0. The molecule has 0 aromatic heterocycles. The van der Waals surface area contributed by atoms with Crippen molar-refractivity contribution in [3.05, 3.63) is 23.8 Å². The zero-order valence-corrected chi connectivity index (χ0v) is 11.1. The Morgan fingerprint density at radius 2 is 2.00 bits per heavy atom. The summed E-state index contributed by atoms with van der Waals surface area (Å²) in [6.45, 7) is 0. The predicted molar refractivity (Wildman–Crippen MR) is 73.7 cm³/mol. The normalized spacial score (nSPS) is 18.2. The van der Waals surface area contributed by atoms with E-state index in [-0.39, 0.29) is 12.5 Å². The maximum atomic E-state index is 10.3. The molecule has 0 atom stereocenters. The van der Waals surface area contributed by atoms with Crippen LogP contribution in [0.15, 0.2) is 23.8 Å². The number of carboxylic acids is 1. The van der Waals surface area contributed by atoms with Crippen LogP contribution >= 0.6 is 0 Å². The van der Waals surface area contributed by atoms with Crippen LogP contribution in [0.2, 0.25) is 0 Å². The molecule has 0 saturated heterocycles. The Kier molecular flexibility index (Phi) is 6.71. The summed E-state index contributed by atoms with van der Waals surface area (Å²) in [6.07, 6.45) is 12.7. The molecule has 4 N–H and O–H groups in total. The molecule has 2 aliphatic rings. The second kappa shape index (κ2) is 8.34. The van der Waals surface area contributed by atoms with E-state index in [0.29, 0.717) is 6.04 Å². The average molecular weight is 266 g/mol. The van der Waals surface area contributed by atoms with Crippen molar-refractivity contribution in [2.45, 2.75) is 51.0 Å². The number of urea groups is 1. The van der Waals surface area contributed by atoms with Gasteiger partial charge in [0.2, 0.25) is 0 Å². The molecule has 0 aromatic carbocycles. The van der Waals surface area contributed by atoms with Crippen molar-refractivity contribution in [2.75, 3.05) is 0 Å². The van der Waals surface area contributed by atoms with Crippen LogP contribution in [0, 0.1) is 0 Å². The first kappa shape index (κ1) is 15.3. The predicted octanol–water partition coefficient (Wildman–Crippen LogP) is 2.33. The molecule has 0 radical (unpaired) electrons. The second-order valence-corrected chi connectivity index (χ2v) is 4.82. The Hall–Kier alpha value is -1.78. The summed E-state index contributed by atoms with van der Waals surface area (Å²) in [5.74, 6) is -0.752. The van der Waals surface area contributed by atoms with Crippen LogP contribution in [0.3, 0.4) is 0 Å². The molecule has 0 unspecified atom stereocenters. The van der Waals surface area contributed by atoms with E-state index in [9.17, 15) is 9.59 Å². The number of primary amides is 1. The zero-order valence-electron chi connectivity index (χ0n) is 11.1. The summed E-state index contributed by atoms with van der Waals surface area (Å²) in [5, 5.41) is 11.1. The summed E-state index contributed by atoms with van der Waals surface area (Å²) < 4.78 is 0. The smallest absolute Gasteiger partial charge is 0.312 e. The number of hydrogen-bond donors (Lipinski definition) is 3. The number of nitrogens with one attached hydrogen (secondary N) is 1. The van der Waals surface area contributed by atoms with E-state index in [1.807, 2.05) is 18.2 Å². The van der Waals surface area contributed by atoms with Gasteiger partial charge < -0.3 is 16.2 Å². The van der Waals surface area contributed by atoms with Gasteiger partial charge in [-0.2, -0.15) is 0 Å². The number of aliphatic carboxylic acids is 1. The number of allylic oxidation sites excluding steroid dienone is 3. The third-order valence-electron chi connectivity index (χ3n) is 3.13. The van der Waals surface area contributed by atoms with Gasteiger partial charge in [-0.25, -0.2) is 4.79 Å². The lowest BCUT2D eigenvalue weighted by Crippen LogP contribution is -2.36. The molecule has 106 valence electrons. The van der Waals surface area contributed by atoms with Gasteiger partial charge in [0.15, 0.2) is 0 Å². The first-order valence-electron chi connectivity index (χ1n) is 6.71. The van der Waals surface area contributed by atoms with Crippen molar-refractivity contribution in [1.29, 1.82) is 0 Å². The van der Waals surface area contributed by atoms with Crippen molar-refractivity contribution >= 4 is 12.0 Å². The maximum absolute atomic E-state index is 10.3. The van der Waals surface area contributed by atoms with Crippen LogP contribution in [0.1, 0.15) is 44.9 Å². The Morgan fingerprint density at radius 1 is 1.32 bits per heavy atom. The van der Waals surface area contributed by atoms with Crippen LogP contribution in [0.25, 0.3) is 0 Å². The molecule has 19 heavy (non-hydrogen) atoms.